The fourth-order valence-electron chi connectivity index (χ4n) is 2.70. The lowest BCUT2D eigenvalue weighted by atomic mass is 9.98. The molecule has 0 N–H and O–H groups in total. The van der Waals surface area contributed by atoms with Gasteiger partial charge in [-0.3, -0.25) is 0 Å². The average molecular weight is 261 g/mol. The van der Waals surface area contributed by atoms with Crippen LogP contribution in [0.15, 0.2) is 18.3 Å². The van der Waals surface area contributed by atoms with E-state index in [1.54, 1.807) is 0 Å². The van der Waals surface area contributed by atoms with Crippen LogP contribution >= 0.6 is 11.8 Å². The van der Waals surface area contributed by atoms with Gasteiger partial charge in [0.1, 0.15) is 11.3 Å². The Balaban J connectivity index is 1.90. The summed E-state index contributed by atoms with van der Waals surface area (Å²) in [7, 11) is 0. The highest BCUT2D eigenvalue weighted by atomic mass is 32.2. The van der Waals surface area contributed by atoms with Crippen LogP contribution in [0.4, 0.5) is 0 Å². The molecule has 3 rings (SSSR count). The quantitative estimate of drug-likeness (QED) is 0.850. The molecule has 1 aliphatic rings. The number of aromatic nitrogens is 3. The summed E-state index contributed by atoms with van der Waals surface area (Å²) in [5, 5.41) is 0. The van der Waals surface area contributed by atoms with E-state index >= 15 is 0 Å². The van der Waals surface area contributed by atoms with Gasteiger partial charge in [0, 0.05) is 19.2 Å². The van der Waals surface area contributed by atoms with E-state index in [1.807, 2.05) is 12.3 Å². The maximum absolute atomic E-state index is 4.77. The summed E-state index contributed by atoms with van der Waals surface area (Å²) in [5.41, 5.74) is 2.08. The molecule has 4 heteroatoms. The molecule has 1 saturated heterocycles. The van der Waals surface area contributed by atoms with Crippen LogP contribution in [-0.2, 0) is 13.0 Å². The molecule has 3 heterocycles. The number of hydrogen-bond acceptors (Lipinski definition) is 3. The number of pyridine rings is 1. The van der Waals surface area contributed by atoms with Gasteiger partial charge in [0.2, 0.25) is 0 Å². The first-order valence-electron chi connectivity index (χ1n) is 6.76. The maximum atomic E-state index is 4.77. The SMILES string of the molecule is CCn1c(CC2CCSCC2)nc2cccnc21. The number of imidazole rings is 1. The number of aryl methyl sites for hydroxylation is 1. The summed E-state index contributed by atoms with van der Waals surface area (Å²) in [6.07, 6.45) is 5.65. The molecule has 0 aromatic carbocycles. The molecule has 3 nitrogen and oxygen atoms in total. The molecule has 2 aromatic heterocycles. The number of hydrogen-bond donors (Lipinski definition) is 0. The van der Waals surface area contributed by atoms with Gasteiger partial charge >= 0.3 is 0 Å². The van der Waals surface area contributed by atoms with Gasteiger partial charge in [0.15, 0.2) is 5.65 Å². The lowest BCUT2D eigenvalue weighted by molar-refractivity contribution is 0.466. The molecular weight excluding hydrogens is 242 g/mol. The van der Waals surface area contributed by atoms with Crippen molar-refractivity contribution in [1.29, 1.82) is 0 Å². The third-order valence-electron chi connectivity index (χ3n) is 3.71. The van der Waals surface area contributed by atoms with E-state index in [2.05, 4.69) is 34.3 Å². The van der Waals surface area contributed by atoms with Crippen LogP contribution in [0.5, 0.6) is 0 Å². The lowest BCUT2D eigenvalue weighted by Gasteiger charge is -2.21. The Morgan fingerprint density at radius 1 is 1.39 bits per heavy atom. The minimum atomic E-state index is 0.813. The predicted octanol–water partition coefficient (Wildman–Crippen LogP) is 3.14. The molecule has 0 bridgehead atoms. The van der Waals surface area contributed by atoms with Crippen LogP contribution in [-0.4, -0.2) is 26.0 Å². The highest BCUT2D eigenvalue weighted by molar-refractivity contribution is 7.99. The molecule has 0 saturated carbocycles. The first kappa shape index (κ1) is 12.0. The second-order valence-corrected chi connectivity index (χ2v) is 6.10. The van der Waals surface area contributed by atoms with Crippen molar-refractivity contribution >= 4 is 22.9 Å². The number of thioether (sulfide) groups is 1. The van der Waals surface area contributed by atoms with Crippen LogP contribution in [0.3, 0.4) is 0 Å². The Labute approximate surface area is 112 Å². The smallest absolute Gasteiger partial charge is 0.159 e. The molecule has 0 unspecified atom stereocenters. The third kappa shape index (κ3) is 2.26. The maximum Gasteiger partial charge on any atom is 0.159 e. The van der Waals surface area contributed by atoms with Gasteiger partial charge in [-0.05, 0) is 49.3 Å². The van der Waals surface area contributed by atoms with E-state index in [-0.39, 0.29) is 0 Å². The monoisotopic (exact) mass is 261 g/mol. The van der Waals surface area contributed by atoms with Crippen LogP contribution < -0.4 is 0 Å². The lowest BCUT2D eigenvalue weighted by Crippen LogP contribution is -2.15. The zero-order chi connectivity index (χ0) is 12.4. The largest absolute Gasteiger partial charge is 0.313 e. The third-order valence-corrected chi connectivity index (χ3v) is 4.76. The Morgan fingerprint density at radius 2 is 2.22 bits per heavy atom. The van der Waals surface area contributed by atoms with E-state index in [0.717, 1.165) is 30.0 Å². The molecule has 96 valence electrons. The van der Waals surface area contributed by atoms with Gasteiger partial charge in [-0.25, -0.2) is 9.97 Å². The molecule has 1 fully saturated rings. The first-order valence-corrected chi connectivity index (χ1v) is 7.92. The summed E-state index contributed by atoms with van der Waals surface area (Å²) < 4.78 is 2.27. The Morgan fingerprint density at radius 3 is 3.00 bits per heavy atom. The van der Waals surface area contributed by atoms with Crippen molar-refractivity contribution in [3.05, 3.63) is 24.2 Å². The number of nitrogens with zero attached hydrogens (tertiary/aromatic N) is 3. The van der Waals surface area contributed by atoms with Crippen molar-refractivity contribution < 1.29 is 0 Å². The van der Waals surface area contributed by atoms with Gasteiger partial charge in [0.25, 0.3) is 0 Å². The summed E-state index contributed by atoms with van der Waals surface area (Å²) in [6.45, 7) is 3.14. The minimum absolute atomic E-state index is 0.813. The highest BCUT2D eigenvalue weighted by Crippen LogP contribution is 2.26. The summed E-state index contributed by atoms with van der Waals surface area (Å²) >= 11 is 2.08. The summed E-state index contributed by atoms with van der Waals surface area (Å²) in [5.74, 6) is 4.67. The molecule has 0 atom stereocenters. The van der Waals surface area contributed by atoms with Crippen molar-refractivity contribution in [2.24, 2.45) is 5.92 Å². The second-order valence-electron chi connectivity index (χ2n) is 4.88. The molecule has 1 aliphatic heterocycles. The number of rotatable bonds is 3. The summed E-state index contributed by atoms with van der Waals surface area (Å²) in [6, 6.07) is 4.03. The molecule has 0 amide bonds. The van der Waals surface area contributed by atoms with Crippen LogP contribution in [0, 0.1) is 5.92 Å². The Hall–Kier alpha value is -1.03. The topological polar surface area (TPSA) is 30.7 Å². The van der Waals surface area contributed by atoms with Crippen molar-refractivity contribution in [1.82, 2.24) is 14.5 Å². The average Bonchev–Trinajstić information content (AvgIpc) is 2.77. The van der Waals surface area contributed by atoms with E-state index < -0.39 is 0 Å². The van der Waals surface area contributed by atoms with Gasteiger partial charge < -0.3 is 4.57 Å². The van der Waals surface area contributed by atoms with Crippen LogP contribution in [0.1, 0.15) is 25.6 Å². The van der Waals surface area contributed by atoms with Gasteiger partial charge in [-0.15, -0.1) is 0 Å². The zero-order valence-electron chi connectivity index (χ0n) is 10.8. The van der Waals surface area contributed by atoms with Crippen molar-refractivity contribution in [2.75, 3.05) is 11.5 Å². The predicted molar refractivity (Wildman–Crippen MR) is 77.0 cm³/mol. The first-order chi connectivity index (χ1) is 8.88. The van der Waals surface area contributed by atoms with Crippen molar-refractivity contribution in [2.45, 2.75) is 32.7 Å². The van der Waals surface area contributed by atoms with Gasteiger partial charge in [-0.1, -0.05) is 0 Å². The van der Waals surface area contributed by atoms with Crippen LogP contribution in [0.2, 0.25) is 0 Å². The van der Waals surface area contributed by atoms with E-state index in [1.165, 1.54) is 30.2 Å². The standard InChI is InChI=1S/C14H19N3S/c1-2-17-13(10-11-5-8-18-9-6-11)16-12-4-3-7-15-14(12)17/h3-4,7,11H,2,5-6,8-10H2,1H3. The molecule has 0 spiro atoms. The van der Waals surface area contributed by atoms with Crippen LogP contribution in [0.25, 0.3) is 11.2 Å². The second kappa shape index (κ2) is 5.31. The molecule has 18 heavy (non-hydrogen) atoms. The van der Waals surface area contributed by atoms with Crippen molar-refractivity contribution in [3.63, 3.8) is 0 Å². The number of fused-ring (bicyclic) bond motifs is 1. The fourth-order valence-corrected chi connectivity index (χ4v) is 3.91. The van der Waals surface area contributed by atoms with Gasteiger partial charge in [0.05, 0.1) is 0 Å². The normalized spacial score (nSPS) is 17.4. The Kier molecular flexibility index (Phi) is 3.55. The summed E-state index contributed by atoms with van der Waals surface area (Å²) in [4.78, 5) is 9.23. The van der Waals surface area contributed by atoms with E-state index in [0.29, 0.717) is 0 Å². The molecule has 2 aromatic rings. The fraction of sp³-hybridized carbons (Fsp3) is 0.571. The highest BCUT2D eigenvalue weighted by Gasteiger charge is 2.18. The minimum Gasteiger partial charge on any atom is -0.313 e. The Bertz CT molecular complexity index is 529. The molecule has 0 radical (unpaired) electrons. The molecular formula is C14H19N3S. The van der Waals surface area contributed by atoms with E-state index in [4.69, 9.17) is 4.98 Å². The van der Waals surface area contributed by atoms with E-state index in [9.17, 15) is 0 Å². The molecule has 0 aliphatic carbocycles. The van der Waals surface area contributed by atoms with Crippen molar-refractivity contribution in [3.8, 4) is 0 Å². The van der Waals surface area contributed by atoms with Gasteiger partial charge in [-0.2, -0.15) is 11.8 Å². The zero-order valence-corrected chi connectivity index (χ0v) is 11.6.